The Hall–Kier alpha value is -2.44. The number of piperidine rings is 1. The number of aryl methyl sites for hydroxylation is 1. The zero-order valence-electron chi connectivity index (χ0n) is 18.5. The third kappa shape index (κ3) is 5.87. The molecule has 0 bridgehead atoms. The molecule has 2 unspecified atom stereocenters. The van der Waals surface area contributed by atoms with Crippen molar-refractivity contribution < 1.29 is 19.0 Å². The Morgan fingerprint density at radius 1 is 1.19 bits per heavy atom. The Kier molecular flexibility index (Phi) is 7.43. The Balaban J connectivity index is 0.000000775. The monoisotopic (exact) mass is 440 g/mol. The molecule has 2 atom stereocenters. The number of benzene rings is 2. The van der Waals surface area contributed by atoms with Gasteiger partial charge in [-0.15, -0.1) is 0 Å². The third-order valence-electron chi connectivity index (χ3n) is 6.83. The van der Waals surface area contributed by atoms with Gasteiger partial charge < -0.3 is 15.2 Å². The number of likely N-dealkylation sites (tertiary alicyclic amines) is 1. The van der Waals surface area contributed by atoms with E-state index in [-0.39, 0.29) is 6.47 Å². The largest absolute Gasteiger partial charge is 0.493 e. The number of halogens is 1. The van der Waals surface area contributed by atoms with E-state index in [2.05, 4.69) is 52.7 Å². The van der Waals surface area contributed by atoms with Crippen molar-refractivity contribution in [2.45, 2.75) is 56.3 Å². The van der Waals surface area contributed by atoms with Crippen molar-refractivity contribution in [3.63, 3.8) is 0 Å². The minimum absolute atomic E-state index is 0.250. The molecule has 3 aliphatic rings. The second-order valence-corrected chi connectivity index (χ2v) is 9.17. The van der Waals surface area contributed by atoms with Crippen LogP contribution >= 0.6 is 0 Å². The van der Waals surface area contributed by atoms with Crippen LogP contribution in [0.1, 0.15) is 48.3 Å². The zero-order valence-corrected chi connectivity index (χ0v) is 18.5. The maximum Gasteiger partial charge on any atom is 0.290 e. The summed E-state index contributed by atoms with van der Waals surface area (Å²) < 4.78 is 21.0. The molecule has 6 heteroatoms. The molecule has 2 fully saturated rings. The Bertz CT molecular complexity index is 884. The van der Waals surface area contributed by atoms with Crippen molar-refractivity contribution in [1.82, 2.24) is 10.2 Å². The highest BCUT2D eigenvalue weighted by atomic mass is 19.1. The molecule has 172 valence electrons. The highest BCUT2D eigenvalue weighted by Crippen LogP contribution is 2.43. The summed E-state index contributed by atoms with van der Waals surface area (Å²) in [4.78, 5) is 10.7. The molecule has 2 aromatic rings. The highest BCUT2D eigenvalue weighted by molar-refractivity contribution is 5.42. The van der Waals surface area contributed by atoms with Crippen LogP contribution < -0.4 is 10.1 Å². The summed E-state index contributed by atoms with van der Waals surface area (Å²) in [5, 5.41) is 10.4. The van der Waals surface area contributed by atoms with E-state index in [0.717, 1.165) is 51.3 Å². The van der Waals surface area contributed by atoms with Crippen LogP contribution in [0, 0.1) is 0 Å². The lowest BCUT2D eigenvalue weighted by atomic mass is 9.93. The van der Waals surface area contributed by atoms with Gasteiger partial charge in [-0.2, -0.15) is 0 Å². The lowest BCUT2D eigenvalue weighted by molar-refractivity contribution is -0.122. The van der Waals surface area contributed by atoms with Gasteiger partial charge >= 0.3 is 0 Å². The molecule has 0 amide bonds. The van der Waals surface area contributed by atoms with Crippen LogP contribution in [0.4, 0.5) is 4.39 Å². The van der Waals surface area contributed by atoms with Gasteiger partial charge in [0.1, 0.15) is 11.4 Å². The first kappa shape index (κ1) is 22.7. The second-order valence-electron chi connectivity index (χ2n) is 9.17. The quantitative estimate of drug-likeness (QED) is 0.661. The summed E-state index contributed by atoms with van der Waals surface area (Å²) >= 11 is 0. The number of ether oxygens (including phenoxy) is 1. The number of alkyl halides is 1. The van der Waals surface area contributed by atoms with Crippen LogP contribution in [0.2, 0.25) is 0 Å². The van der Waals surface area contributed by atoms with Gasteiger partial charge in [0, 0.05) is 38.1 Å². The average Bonchev–Trinajstić information content (AvgIpc) is 3.60. The van der Waals surface area contributed by atoms with Crippen molar-refractivity contribution in [1.29, 1.82) is 0 Å². The topological polar surface area (TPSA) is 61.8 Å². The maximum atomic E-state index is 15.3. The van der Waals surface area contributed by atoms with Crippen molar-refractivity contribution in [3.05, 3.63) is 65.2 Å². The van der Waals surface area contributed by atoms with Crippen LogP contribution in [0.25, 0.3) is 0 Å². The molecule has 5 rings (SSSR count). The molecule has 1 saturated heterocycles. The Labute approximate surface area is 189 Å². The van der Waals surface area contributed by atoms with Gasteiger partial charge in [-0.3, -0.25) is 9.69 Å². The fraction of sp³-hybridized carbons (Fsp3) is 0.500. The molecule has 0 radical (unpaired) electrons. The molecule has 2 heterocycles. The number of carboxylic acid groups (broad SMARTS) is 1. The predicted molar refractivity (Wildman–Crippen MR) is 123 cm³/mol. The van der Waals surface area contributed by atoms with Gasteiger partial charge in [0.15, 0.2) is 0 Å². The normalized spacial score (nSPS) is 23.8. The zero-order chi connectivity index (χ0) is 22.4. The fourth-order valence-electron chi connectivity index (χ4n) is 4.84. The summed E-state index contributed by atoms with van der Waals surface area (Å²) in [7, 11) is 0. The van der Waals surface area contributed by atoms with Gasteiger partial charge in [-0.1, -0.05) is 42.5 Å². The van der Waals surface area contributed by atoms with E-state index < -0.39 is 5.67 Å². The van der Waals surface area contributed by atoms with Crippen molar-refractivity contribution in [2.24, 2.45) is 0 Å². The van der Waals surface area contributed by atoms with E-state index in [9.17, 15) is 0 Å². The van der Waals surface area contributed by atoms with E-state index in [1.807, 2.05) is 6.07 Å². The number of carbonyl (C=O) groups is 1. The number of fused-ring (bicyclic) bond motifs is 1. The number of nitrogens with one attached hydrogen (secondary N) is 1. The molecular formula is C26H33FN2O3. The molecule has 0 aromatic heterocycles. The van der Waals surface area contributed by atoms with Gasteiger partial charge in [0.05, 0.1) is 6.61 Å². The second kappa shape index (κ2) is 10.5. The lowest BCUT2D eigenvalue weighted by Crippen LogP contribution is -2.47. The van der Waals surface area contributed by atoms with Crippen molar-refractivity contribution in [3.8, 4) is 5.75 Å². The van der Waals surface area contributed by atoms with Crippen LogP contribution in [-0.2, 0) is 17.8 Å². The van der Waals surface area contributed by atoms with Crippen LogP contribution in [0.15, 0.2) is 48.5 Å². The molecule has 2 aromatic carbocycles. The first-order valence-electron chi connectivity index (χ1n) is 11.6. The number of rotatable bonds is 6. The predicted octanol–water partition coefficient (Wildman–Crippen LogP) is 4.16. The lowest BCUT2D eigenvalue weighted by Gasteiger charge is -2.36. The van der Waals surface area contributed by atoms with Crippen molar-refractivity contribution >= 4 is 6.47 Å². The SMILES string of the molecule is FC1(CNC2CC2c2ccc3c(c2)CCCO3)CCN(Cc2ccccc2)CC1.O=CO. The third-order valence-corrected chi connectivity index (χ3v) is 6.83. The fourth-order valence-corrected chi connectivity index (χ4v) is 4.84. The van der Waals surface area contributed by atoms with Crippen LogP contribution in [-0.4, -0.2) is 54.4 Å². The van der Waals surface area contributed by atoms with Gasteiger partial charge in [0.25, 0.3) is 6.47 Å². The van der Waals surface area contributed by atoms with E-state index in [1.54, 1.807) is 0 Å². The molecule has 1 saturated carbocycles. The minimum Gasteiger partial charge on any atom is -0.493 e. The number of nitrogens with zero attached hydrogens (tertiary/aromatic N) is 1. The summed E-state index contributed by atoms with van der Waals surface area (Å²) in [6.07, 6.45) is 4.59. The first-order valence-corrected chi connectivity index (χ1v) is 11.6. The van der Waals surface area contributed by atoms with Crippen LogP contribution in [0.5, 0.6) is 5.75 Å². The van der Waals surface area contributed by atoms with Gasteiger partial charge in [0.2, 0.25) is 0 Å². The van der Waals surface area contributed by atoms with E-state index >= 15 is 4.39 Å². The smallest absolute Gasteiger partial charge is 0.290 e. The summed E-state index contributed by atoms with van der Waals surface area (Å²) in [6, 6.07) is 17.6. The minimum atomic E-state index is -1.07. The van der Waals surface area contributed by atoms with E-state index in [0.29, 0.717) is 31.3 Å². The average molecular weight is 441 g/mol. The summed E-state index contributed by atoms with van der Waals surface area (Å²) in [5.41, 5.74) is 2.97. The van der Waals surface area contributed by atoms with Gasteiger partial charge in [-0.05, 0) is 54.9 Å². The van der Waals surface area contributed by atoms with E-state index in [4.69, 9.17) is 14.6 Å². The summed E-state index contributed by atoms with van der Waals surface area (Å²) in [6.45, 7) is 3.68. The molecule has 0 spiro atoms. The molecule has 2 aliphatic heterocycles. The standard InChI is InChI=1S/C25H31FN2O.CH2O2/c26-25(10-12-28(13-11-25)17-19-5-2-1-3-6-19)18-27-23-16-22(23)20-8-9-24-21(15-20)7-4-14-29-24;2-1-3/h1-3,5-6,8-9,15,22-23,27H,4,7,10-14,16-18H2;1H,(H,2,3). The summed E-state index contributed by atoms with van der Waals surface area (Å²) in [5.74, 6) is 1.58. The van der Waals surface area contributed by atoms with Crippen LogP contribution in [0.3, 0.4) is 0 Å². The van der Waals surface area contributed by atoms with Gasteiger partial charge in [-0.25, -0.2) is 4.39 Å². The highest BCUT2D eigenvalue weighted by Gasteiger charge is 2.41. The number of hydrogen-bond donors (Lipinski definition) is 2. The van der Waals surface area contributed by atoms with Crippen molar-refractivity contribution in [2.75, 3.05) is 26.2 Å². The first-order chi connectivity index (χ1) is 15.6. The number of hydrogen-bond acceptors (Lipinski definition) is 4. The molecular weight excluding hydrogens is 407 g/mol. The van der Waals surface area contributed by atoms with E-state index in [1.165, 1.54) is 16.7 Å². The molecule has 5 nitrogen and oxygen atoms in total. The maximum absolute atomic E-state index is 15.3. The molecule has 1 aliphatic carbocycles. The molecule has 32 heavy (non-hydrogen) atoms. The molecule has 2 N–H and O–H groups in total. The Morgan fingerprint density at radius 3 is 2.69 bits per heavy atom. The Morgan fingerprint density at radius 2 is 1.94 bits per heavy atom.